The van der Waals surface area contributed by atoms with Crippen LogP contribution in [0.2, 0.25) is 0 Å². The molecule has 2 amide bonds. The summed E-state index contributed by atoms with van der Waals surface area (Å²) < 4.78 is 5.59. The van der Waals surface area contributed by atoms with Gasteiger partial charge in [0, 0.05) is 38.2 Å². The molecule has 1 N–H and O–H groups in total. The molecule has 4 aromatic carbocycles. The lowest BCUT2D eigenvalue weighted by Crippen LogP contribution is -2.32. The molecule has 1 fully saturated rings. The van der Waals surface area contributed by atoms with Crippen LogP contribution in [-0.2, 0) is 0 Å². The Morgan fingerprint density at radius 2 is 1.62 bits per heavy atom. The van der Waals surface area contributed by atoms with Gasteiger partial charge in [-0.3, -0.25) is 9.59 Å². The van der Waals surface area contributed by atoms with Gasteiger partial charge >= 0.3 is 0 Å². The highest BCUT2D eigenvalue weighted by Gasteiger charge is 2.38. The summed E-state index contributed by atoms with van der Waals surface area (Å²) in [7, 11) is 0. The van der Waals surface area contributed by atoms with E-state index in [1.54, 1.807) is 36.0 Å². The summed E-state index contributed by atoms with van der Waals surface area (Å²) in [5.41, 5.74) is 4.47. The van der Waals surface area contributed by atoms with E-state index in [-0.39, 0.29) is 17.9 Å². The lowest BCUT2D eigenvalue weighted by molar-refractivity contribution is 0.0981. The number of carbonyl (C=O) groups excluding carboxylic acids is 2. The van der Waals surface area contributed by atoms with Crippen LogP contribution in [0.1, 0.15) is 33.6 Å². The van der Waals surface area contributed by atoms with Gasteiger partial charge in [0.1, 0.15) is 0 Å². The van der Waals surface area contributed by atoms with E-state index in [0.29, 0.717) is 23.0 Å². The first-order valence-corrected chi connectivity index (χ1v) is 13.5. The zero-order chi connectivity index (χ0) is 26.3. The van der Waals surface area contributed by atoms with Gasteiger partial charge in [-0.05, 0) is 79.6 Å². The van der Waals surface area contributed by atoms with Crippen LogP contribution in [0.3, 0.4) is 0 Å². The molecular weight excluding hydrogens is 508 g/mol. The molecule has 7 nitrogen and oxygen atoms in total. The van der Waals surface area contributed by atoms with Gasteiger partial charge in [0.15, 0.2) is 0 Å². The fourth-order valence-electron chi connectivity index (χ4n) is 4.67. The number of nitrogens with one attached hydrogen (secondary N) is 1. The fraction of sp³-hybridized carbons (Fsp3) is 0.0968. The Morgan fingerprint density at radius 1 is 0.872 bits per heavy atom. The summed E-state index contributed by atoms with van der Waals surface area (Å²) in [5.74, 6) is 0.733. The maximum atomic E-state index is 13.4. The number of carbonyl (C=O) groups is 2. The van der Waals surface area contributed by atoms with Gasteiger partial charge < -0.3 is 14.7 Å². The lowest BCUT2D eigenvalue weighted by Gasteiger charge is -2.22. The normalized spacial score (nSPS) is 14.4. The predicted octanol–water partition coefficient (Wildman–Crippen LogP) is 6.93. The molecule has 1 saturated carbocycles. The number of anilines is 2. The molecule has 5 aromatic rings. The minimum Gasteiger partial charge on any atom is -0.334 e. The second-order valence-corrected chi connectivity index (χ2v) is 10.6. The van der Waals surface area contributed by atoms with Crippen LogP contribution in [-0.4, -0.2) is 28.0 Å². The monoisotopic (exact) mass is 530 g/mol. The third kappa shape index (κ3) is 4.49. The molecule has 0 radical (unpaired) electrons. The molecule has 2 heterocycles. The van der Waals surface area contributed by atoms with Gasteiger partial charge in [0.2, 0.25) is 5.82 Å². The van der Waals surface area contributed by atoms with E-state index < -0.39 is 0 Å². The van der Waals surface area contributed by atoms with Crippen LogP contribution in [0, 0.1) is 0 Å². The Hall–Kier alpha value is -4.69. The second kappa shape index (κ2) is 9.56. The zero-order valence-corrected chi connectivity index (χ0v) is 21.5. The molecule has 1 aliphatic heterocycles. The lowest BCUT2D eigenvalue weighted by atomic mass is 10.1. The van der Waals surface area contributed by atoms with Gasteiger partial charge in [-0.15, -0.1) is 0 Å². The number of benzene rings is 4. The number of rotatable bonds is 5. The van der Waals surface area contributed by atoms with E-state index in [4.69, 9.17) is 4.52 Å². The fourth-order valence-corrected chi connectivity index (χ4v) is 5.77. The van der Waals surface area contributed by atoms with Crippen molar-refractivity contribution in [2.75, 3.05) is 10.2 Å². The second-order valence-electron chi connectivity index (χ2n) is 9.51. The molecular formula is C31H22N4O3S. The molecule has 2 aliphatic rings. The largest absolute Gasteiger partial charge is 0.334 e. The average Bonchev–Trinajstić information content (AvgIpc) is 3.71. The van der Waals surface area contributed by atoms with Crippen molar-refractivity contribution in [1.82, 2.24) is 10.1 Å². The molecule has 0 spiro atoms. The number of aromatic nitrogens is 2. The topological polar surface area (TPSA) is 88.3 Å². The van der Waals surface area contributed by atoms with Crippen LogP contribution in [0.15, 0.2) is 111 Å². The Labute approximate surface area is 228 Å². The molecule has 8 heteroatoms. The van der Waals surface area contributed by atoms with Crippen molar-refractivity contribution in [1.29, 1.82) is 0 Å². The molecule has 1 aliphatic carbocycles. The number of hydrogen-bond donors (Lipinski definition) is 1. The van der Waals surface area contributed by atoms with Crippen LogP contribution in [0.5, 0.6) is 0 Å². The summed E-state index contributed by atoms with van der Waals surface area (Å²) in [6.07, 6.45) is 2.03. The zero-order valence-electron chi connectivity index (χ0n) is 20.7. The van der Waals surface area contributed by atoms with Crippen molar-refractivity contribution < 1.29 is 14.1 Å². The highest BCUT2D eigenvalue weighted by atomic mass is 32.2. The third-order valence-electron chi connectivity index (χ3n) is 6.80. The number of fused-ring (bicyclic) bond motifs is 2. The maximum absolute atomic E-state index is 13.4. The highest BCUT2D eigenvalue weighted by Crippen LogP contribution is 2.46. The number of hydrogen-bond acceptors (Lipinski definition) is 6. The minimum absolute atomic E-state index is 0.0531. The molecule has 39 heavy (non-hydrogen) atoms. The van der Waals surface area contributed by atoms with Gasteiger partial charge in [-0.2, -0.15) is 4.98 Å². The highest BCUT2D eigenvalue weighted by molar-refractivity contribution is 7.99. The summed E-state index contributed by atoms with van der Waals surface area (Å²) in [5, 5.41) is 7.12. The Bertz CT molecular complexity index is 1710. The molecule has 0 saturated heterocycles. The first kappa shape index (κ1) is 23.4. The van der Waals surface area contributed by atoms with Crippen molar-refractivity contribution in [2.24, 2.45) is 0 Å². The summed E-state index contributed by atoms with van der Waals surface area (Å²) in [6.45, 7) is 0. The van der Waals surface area contributed by atoms with Crippen molar-refractivity contribution >= 4 is 35.0 Å². The molecule has 0 bridgehead atoms. The molecule has 190 valence electrons. The smallest absolute Gasteiger partial charge is 0.259 e. The number of amides is 2. The number of nitrogens with zero attached hydrogens (tertiary/aromatic N) is 3. The standard InChI is InChI=1S/C31H22N4O3S/c36-29(19-6-2-1-3-7-19)32-22-13-10-20(11-14-22)30-33-28(34-38-30)21-12-17-25-27(18-21)39-26-9-5-4-8-24(26)31(37)35(25)23-15-16-23/h1-14,17-18,23H,15-16H2,(H,32,36). The van der Waals surface area contributed by atoms with Crippen molar-refractivity contribution in [3.63, 3.8) is 0 Å². The van der Waals surface area contributed by atoms with E-state index in [2.05, 4.69) is 15.5 Å². The Balaban J connectivity index is 1.15. The first-order valence-electron chi connectivity index (χ1n) is 12.7. The molecule has 7 rings (SSSR count). The summed E-state index contributed by atoms with van der Waals surface area (Å²) >= 11 is 1.59. The van der Waals surface area contributed by atoms with E-state index in [1.807, 2.05) is 77.7 Å². The first-order chi connectivity index (χ1) is 19.1. The van der Waals surface area contributed by atoms with Crippen molar-refractivity contribution in [2.45, 2.75) is 28.7 Å². The quantitative estimate of drug-likeness (QED) is 0.265. The molecule has 0 unspecified atom stereocenters. The predicted molar refractivity (Wildman–Crippen MR) is 150 cm³/mol. The van der Waals surface area contributed by atoms with Crippen LogP contribution >= 0.6 is 11.8 Å². The van der Waals surface area contributed by atoms with Crippen LogP contribution in [0.25, 0.3) is 22.8 Å². The summed E-state index contributed by atoms with van der Waals surface area (Å²) in [4.78, 5) is 34.3. The molecule has 1 aromatic heterocycles. The van der Waals surface area contributed by atoms with E-state index in [9.17, 15) is 9.59 Å². The van der Waals surface area contributed by atoms with Gasteiger partial charge in [-0.1, -0.05) is 47.3 Å². The van der Waals surface area contributed by atoms with Crippen molar-refractivity contribution in [3.05, 3.63) is 108 Å². The van der Waals surface area contributed by atoms with Crippen molar-refractivity contribution in [3.8, 4) is 22.8 Å². The van der Waals surface area contributed by atoms with E-state index in [1.165, 1.54) is 0 Å². The van der Waals surface area contributed by atoms with Crippen LogP contribution < -0.4 is 10.2 Å². The van der Waals surface area contributed by atoms with Gasteiger partial charge in [0.05, 0.1) is 11.3 Å². The Kier molecular flexibility index (Phi) is 5.74. The SMILES string of the molecule is O=C(Nc1ccc(-c2nc(-c3ccc4c(c3)Sc3ccccc3C(=O)N4C3CC3)no2)cc1)c1ccccc1. The minimum atomic E-state index is -0.172. The van der Waals surface area contributed by atoms with Gasteiger partial charge in [0.25, 0.3) is 17.7 Å². The van der Waals surface area contributed by atoms with E-state index >= 15 is 0 Å². The summed E-state index contributed by atoms with van der Waals surface area (Å²) in [6, 6.07) is 30.3. The third-order valence-corrected chi connectivity index (χ3v) is 7.92. The van der Waals surface area contributed by atoms with Crippen LogP contribution in [0.4, 0.5) is 11.4 Å². The molecule has 0 atom stereocenters. The van der Waals surface area contributed by atoms with Gasteiger partial charge in [-0.25, -0.2) is 0 Å². The Morgan fingerprint density at radius 3 is 2.41 bits per heavy atom. The average molecular weight is 531 g/mol. The van der Waals surface area contributed by atoms with E-state index in [0.717, 1.165) is 45.0 Å². The maximum Gasteiger partial charge on any atom is 0.259 e.